The third kappa shape index (κ3) is 3.42. The fourth-order valence-corrected chi connectivity index (χ4v) is 2.59. The summed E-state index contributed by atoms with van der Waals surface area (Å²) < 4.78 is 5.02. The Balaban J connectivity index is 2.78. The van der Waals surface area contributed by atoms with Crippen molar-refractivity contribution < 1.29 is 9.53 Å². The number of likely N-dealkylation sites (N-methyl/N-ethyl adjacent to an activating group) is 2. The molecule has 1 saturated carbocycles. The number of hydrogen-bond donors (Lipinski definition) is 1. The molecule has 0 aromatic carbocycles. The second-order valence-corrected chi connectivity index (χ2v) is 5.01. The third-order valence-electron chi connectivity index (χ3n) is 3.44. The minimum Gasteiger partial charge on any atom is -0.468 e. The van der Waals surface area contributed by atoms with E-state index in [1.807, 2.05) is 6.92 Å². The smallest absolute Gasteiger partial charge is 0.327 e. The molecule has 4 heteroatoms. The normalized spacial score (nSPS) is 19.1. The Bertz CT molecular complexity index is 254. The molecule has 0 radical (unpaired) electrons. The Morgan fingerprint density at radius 3 is 2.53 bits per heavy atom. The van der Waals surface area contributed by atoms with E-state index in [4.69, 9.17) is 4.74 Å². The van der Waals surface area contributed by atoms with Crippen molar-refractivity contribution in [2.75, 3.05) is 33.8 Å². The average Bonchev–Trinajstić information content (AvgIpc) is 3.11. The van der Waals surface area contributed by atoms with E-state index < -0.39 is 5.54 Å². The Labute approximate surface area is 105 Å². The summed E-state index contributed by atoms with van der Waals surface area (Å²) in [5.41, 5.74) is -0.493. The summed E-state index contributed by atoms with van der Waals surface area (Å²) in [5.74, 6) is 0.332. The number of methoxy groups -OCH3 is 1. The SMILES string of the molecule is CCCN(C)CC(NCC)(C(=O)OC)C1CC1. The standard InChI is InChI=1S/C13H26N2O2/c1-5-9-15(3)10-13(14-6-2,11-7-8-11)12(16)17-4/h11,14H,5-10H2,1-4H3. The lowest BCUT2D eigenvalue weighted by Crippen LogP contribution is -2.60. The summed E-state index contributed by atoms with van der Waals surface area (Å²) in [6.45, 7) is 6.75. The number of ether oxygens (including phenoxy) is 1. The number of hydrogen-bond acceptors (Lipinski definition) is 4. The first-order chi connectivity index (χ1) is 8.10. The van der Waals surface area contributed by atoms with Gasteiger partial charge in [0.25, 0.3) is 0 Å². The van der Waals surface area contributed by atoms with Crippen LogP contribution in [0.2, 0.25) is 0 Å². The van der Waals surface area contributed by atoms with Crippen LogP contribution >= 0.6 is 0 Å². The van der Waals surface area contributed by atoms with Crippen LogP contribution in [0.15, 0.2) is 0 Å². The van der Waals surface area contributed by atoms with Crippen molar-refractivity contribution in [2.24, 2.45) is 5.92 Å². The molecular weight excluding hydrogens is 216 g/mol. The maximum atomic E-state index is 12.1. The number of carbonyl (C=O) groups excluding carboxylic acids is 1. The molecule has 0 heterocycles. The second-order valence-electron chi connectivity index (χ2n) is 5.01. The molecule has 1 aliphatic carbocycles. The predicted molar refractivity (Wildman–Crippen MR) is 68.9 cm³/mol. The Morgan fingerprint density at radius 2 is 2.12 bits per heavy atom. The summed E-state index contributed by atoms with van der Waals surface area (Å²) in [7, 11) is 3.55. The van der Waals surface area contributed by atoms with Gasteiger partial charge in [-0.3, -0.25) is 0 Å². The van der Waals surface area contributed by atoms with Crippen LogP contribution in [0.25, 0.3) is 0 Å². The summed E-state index contributed by atoms with van der Waals surface area (Å²) in [5, 5.41) is 3.38. The zero-order valence-electron chi connectivity index (χ0n) is 11.6. The number of nitrogens with one attached hydrogen (secondary N) is 1. The van der Waals surface area contributed by atoms with Crippen molar-refractivity contribution in [1.82, 2.24) is 10.2 Å². The van der Waals surface area contributed by atoms with Crippen molar-refractivity contribution >= 4 is 5.97 Å². The second kappa shape index (κ2) is 6.36. The highest BCUT2D eigenvalue weighted by Crippen LogP contribution is 2.40. The lowest BCUT2D eigenvalue weighted by Gasteiger charge is -2.35. The Hall–Kier alpha value is -0.610. The predicted octanol–water partition coefficient (Wildman–Crippen LogP) is 1.26. The molecule has 0 spiro atoms. The molecule has 0 amide bonds. The van der Waals surface area contributed by atoms with E-state index >= 15 is 0 Å². The molecule has 1 rings (SSSR count). The topological polar surface area (TPSA) is 41.6 Å². The van der Waals surface area contributed by atoms with Gasteiger partial charge in [-0.05, 0) is 45.3 Å². The average molecular weight is 242 g/mol. The Morgan fingerprint density at radius 1 is 1.47 bits per heavy atom. The van der Waals surface area contributed by atoms with E-state index in [2.05, 4.69) is 24.2 Å². The number of rotatable bonds is 8. The lowest BCUT2D eigenvalue weighted by molar-refractivity contribution is -0.150. The van der Waals surface area contributed by atoms with Crippen LogP contribution in [0.1, 0.15) is 33.1 Å². The van der Waals surface area contributed by atoms with Gasteiger partial charge in [0.2, 0.25) is 0 Å². The van der Waals surface area contributed by atoms with Gasteiger partial charge in [-0.15, -0.1) is 0 Å². The van der Waals surface area contributed by atoms with Crippen LogP contribution in [0.5, 0.6) is 0 Å². The molecule has 1 unspecified atom stereocenters. The fourth-order valence-electron chi connectivity index (χ4n) is 2.59. The first kappa shape index (κ1) is 14.5. The van der Waals surface area contributed by atoms with Crippen molar-refractivity contribution in [3.63, 3.8) is 0 Å². The van der Waals surface area contributed by atoms with Gasteiger partial charge in [-0.2, -0.15) is 0 Å². The van der Waals surface area contributed by atoms with Crippen LogP contribution in [0, 0.1) is 5.92 Å². The van der Waals surface area contributed by atoms with Gasteiger partial charge in [0, 0.05) is 6.54 Å². The van der Waals surface area contributed by atoms with Gasteiger partial charge in [-0.25, -0.2) is 4.79 Å². The van der Waals surface area contributed by atoms with Crippen LogP contribution in [-0.4, -0.2) is 50.2 Å². The van der Waals surface area contributed by atoms with Crippen molar-refractivity contribution in [1.29, 1.82) is 0 Å². The van der Waals surface area contributed by atoms with Gasteiger partial charge in [-0.1, -0.05) is 13.8 Å². The summed E-state index contributed by atoms with van der Waals surface area (Å²) in [6.07, 6.45) is 3.36. The van der Waals surface area contributed by atoms with E-state index in [0.717, 1.165) is 38.9 Å². The zero-order valence-corrected chi connectivity index (χ0v) is 11.6. The molecule has 1 N–H and O–H groups in total. The van der Waals surface area contributed by atoms with E-state index in [0.29, 0.717) is 5.92 Å². The van der Waals surface area contributed by atoms with E-state index in [9.17, 15) is 4.79 Å². The molecule has 1 aliphatic rings. The van der Waals surface area contributed by atoms with Crippen molar-refractivity contribution in [2.45, 2.75) is 38.6 Å². The van der Waals surface area contributed by atoms with Gasteiger partial charge in [0.1, 0.15) is 5.54 Å². The zero-order chi connectivity index (χ0) is 12.9. The summed E-state index contributed by atoms with van der Waals surface area (Å²) in [4.78, 5) is 14.4. The quantitative estimate of drug-likeness (QED) is 0.651. The van der Waals surface area contributed by atoms with Crippen LogP contribution in [-0.2, 0) is 9.53 Å². The molecule has 0 saturated heterocycles. The summed E-state index contributed by atoms with van der Waals surface area (Å²) in [6, 6.07) is 0. The lowest BCUT2D eigenvalue weighted by atomic mass is 9.92. The molecule has 17 heavy (non-hydrogen) atoms. The van der Waals surface area contributed by atoms with Gasteiger partial charge >= 0.3 is 5.97 Å². The van der Waals surface area contributed by atoms with Gasteiger partial charge in [0.15, 0.2) is 0 Å². The maximum absolute atomic E-state index is 12.1. The van der Waals surface area contributed by atoms with E-state index in [-0.39, 0.29) is 5.97 Å². The first-order valence-electron chi connectivity index (χ1n) is 6.62. The Kier molecular flexibility index (Phi) is 5.40. The first-order valence-corrected chi connectivity index (χ1v) is 6.62. The van der Waals surface area contributed by atoms with Crippen LogP contribution in [0.3, 0.4) is 0 Å². The fraction of sp³-hybridized carbons (Fsp3) is 0.923. The largest absolute Gasteiger partial charge is 0.468 e. The molecule has 1 atom stereocenters. The minimum atomic E-state index is -0.493. The van der Waals surface area contributed by atoms with Crippen LogP contribution < -0.4 is 5.32 Å². The van der Waals surface area contributed by atoms with E-state index in [1.54, 1.807) is 0 Å². The van der Waals surface area contributed by atoms with Gasteiger partial charge < -0.3 is 15.0 Å². The highest BCUT2D eigenvalue weighted by molar-refractivity contribution is 5.82. The number of carbonyl (C=O) groups is 1. The minimum absolute atomic E-state index is 0.107. The van der Waals surface area contributed by atoms with Gasteiger partial charge in [0.05, 0.1) is 7.11 Å². The van der Waals surface area contributed by atoms with Crippen molar-refractivity contribution in [3.8, 4) is 0 Å². The molecule has 0 aliphatic heterocycles. The number of esters is 1. The molecule has 0 aromatic heterocycles. The van der Waals surface area contributed by atoms with E-state index in [1.165, 1.54) is 7.11 Å². The molecule has 100 valence electrons. The molecular formula is C13H26N2O2. The van der Waals surface area contributed by atoms with Crippen molar-refractivity contribution in [3.05, 3.63) is 0 Å². The maximum Gasteiger partial charge on any atom is 0.327 e. The molecule has 1 fully saturated rings. The molecule has 4 nitrogen and oxygen atoms in total. The summed E-state index contributed by atoms with van der Waals surface area (Å²) >= 11 is 0. The molecule has 0 bridgehead atoms. The third-order valence-corrected chi connectivity index (χ3v) is 3.44. The highest BCUT2D eigenvalue weighted by atomic mass is 16.5. The molecule has 0 aromatic rings. The highest BCUT2D eigenvalue weighted by Gasteiger charge is 2.51. The van der Waals surface area contributed by atoms with Crippen LogP contribution in [0.4, 0.5) is 0 Å². The number of nitrogens with zero attached hydrogens (tertiary/aromatic N) is 1. The monoisotopic (exact) mass is 242 g/mol.